The molecule has 0 heterocycles. The van der Waals surface area contributed by atoms with E-state index < -0.39 is 10.8 Å². The summed E-state index contributed by atoms with van der Waals surface area (Å²) in [7, 11) is 0.512. The lowest BCUT2D eigenvalue weighted by molar-refractivity contribution is 0.415. The largest absolute Gasteiger partial charge is 0.497 e. The fraction of sp³-hybridized carbons (Fsp3) is 0.125. The quantitative estimate of drug-likeness (QED) is 0.831. The molecule has 0 aliphatic heterocycles. The molecule has 19 heavy (non-hydrogen) atoms. The normalized spacial score (nSPS) is 11.8. The zero-order valence-corrected chi connectivity index (χ0v) is 11.7. The third-order valence-corrected chi connectivity index (χ3v) is 4.21. The zero-order chi connectivity index (χ0) is 13.7. The highest BCUT2D eigenvalue weighted by Gasteiger charge is 2.08. The fourth-order valence-corrected chi connectivity index (χ4v) is 2.79. The molecule has 0 amide bonds. The lowest BCUT2D eigenvalue weighted by Crippen LogP contribution is -1.98. The molecule has 3 heteroatoms. The van der Waals surface area contributed by atoms with Gasteiger partial charge in [0, 0.05) is 4.91 Å². The van der Waals surface area contributed by atoms with Gasteiger partial charge in [0.15, 0.2) is 0 Å². The summed E-state index contributed by atoms with van der Waals surface area (Å²) < 4.78 is 17.3. The van der Waals surface area contributed by atoms with Crippen molar-refractivity contribution in [1.29, 1.82) is 0 Å². The summed E-state index contributed by atoms with van der Waals surface area (Å²) in [5, 5.41) is 0. The van der Waals surface area contributed by atoms with Crippen molar-refractivity contribution in [3.8, 4) is 5.75 Å². The van der Waals surface area contributed by atoms with Crippen LogP contribution >= 0.6 is 0 Å². The van der Waals surface area contributed by atoms with Crippen molar-refractivity contribution >= 4 is 15.7 Å². The molecule has 0 aliphatic carbocycles. The van der Waals surface area contributed by atoms with Gasteiger partial charge in [-0.15, -0.1) is 0 Å². The first-order valence-corrected chi connectivity index (χ1v) is 7.28. The molecule has 2 aromatic carbocycles. The molecule has 0 unspecified atom stereocenters. The van der Waals surface area contributed by atoms with Crippen LogP contribution in [0.1, 0.15) is 11.1 Å². The van der Waals surface area contributed by atoms with Crippen LogP contribution in [0.3, 0.4) is 0 Å². The van der Waals surface area contributed by atoms with E-state index in [0.29, 0.717) is 10.7 Å². The first-order chi connectivity index (χ1) is 9.20. The van der Waals surface area contributed by atoms with Gasteiger partial charge in [-0.1, -0.05) is 49.0 Å². The van der Waals surface area contributed by atoms with E-state index in [0.717, 1.165) is 16.9 Å². The Morgan fingerprint density at radius 2 is 1.74 bits per heavy atom. The van der Waals surface area contributed by atoms with Crippen LogP contribution in [0.4, 0.5) is 0 Å². The molecule has 0 aliphatic rings. The predicted octanol–water partition coefficient (Wildman–Crippen LogP) is 3.61. The lowest BCUT2D eigenvalue weighted by atomic mass is 10.2. The Balaban J connectivity index is 2.08. The number of ether oxygens (including phenoxy) is 1. The number of methoxy groups -OCH3 is 1. The molecule has 0 saturated heterocycles. The average molecular weight is 272 g/mol. The van der Waals surface area contributed by atoms with Gasteiger partial charge < -0.3 is 4.74 Å². The summed E-state index contributed by atoms with van der Waals surface area (Å²) >= 11 is 0. The van der Waals surface area contributed by atoms with Crippen LogP contribution in [-0.2, 0) is 16.6 Å². The van der Waals surface area contributed by atoms with E-state index in [1.807, 2.05) is 54.6 Å². The third-order valence-electron chi connectivity index (χ3n) is 2.83. The molecule has 2 rings (SSSR count). The highest BCUT2D eigenvalue weighted by molar-refractivity contribution is 7.93. The fourth-order valence-electron chi connectivity index (χ4n) is 1.72. The molecule has 0 N–H and O–H groups in total. The van der Waals surface area contributed by atoms with Crippen LogP contribution in [0.5, 0.6) is 5.75 Å². The molecule has 2 nitrogen and oxygen atoms in total. The van der Waals surface area contributed by atoms with E-state index in [1.165, 1.54) is 0 Å². The Morgan fingerprint density at radius 3 is 2.32 bits per heavy atom. The van der Waals surface area contributed by atoms with E-state index in [1.54, 1.807) is 7.11 Å². The summed E-state index contributed by atoms with van der Waals surface area (Å²) in [4.78, 5) is 0.645. The van der Waals surface area contributed by atoms with Gasteiger partial charge in [0.05, 0.1) is 23.7 Å². The molecule has 0 spiro atoms. The van der Waals surface area contributed by atoms with Crippen molar-refractivity contribution in [3.05, 3.63) is 72.3 Å². The first kappa shape index (κ1) is 13.6. The van der Waals surface area contributed by atoms with Crippen molar-refractivity contribution in [2.45, 2.75) is 5.75 Å². The molecular weight excluding hydrogens is 256 g/mol. The molecule has 0 bridgehead atoms. The molecule has 0 aromatic heterocycles. The van der Waals surface area contributed by atoms with Crippen molar-refractivity contribution in [1.82, 2.24) is 0 Å². The van der Waals surface area contributed by atoms with E-state index >= 15 is 0 Å². The first-order valence-electron chi connectivity index (χ1n) is 5.96. The topological polar surface area (TPSA) is 26.3 Å². The summed E-state index contributed by atoms with van der Waals surface area (Å²) in [6.07, 6.45) is 0. The maximum absolute atomic E-state index is 12.2. The number of hydrogen-bond donors (Lipinski definition) is 0. The third kappa shape index (κ3) is 3.55. The smallest absolute Gasteiger partial charge is 0.118 e. The van der Waals surface area contributed by atoms with Crippen LogP contribution in [0, 0.1) is 0 Å². The highest BCUT2D eigenvalue weighted by Crippen LogP contribution is 2.21. The van der Waals surface area contributed by atoms with Crippen LogP contribution in [-0.4, -0.2) is 11.3 Å². The Labute approximate surface area is 116 Å². The number of rotatable bonds is 5. The Morgan fingerprint density at radius 1 is 1.11 bits per heavy atom. The van der Waals surface area contributed by atoms with Gasteiger partial charge in [0.2, 0.25) is 0 Å². The van der Waals surface area contributed by atoms with E-state index in [9.17, 15) is 4.21 Å². The van der Waals surface area contributed by atoms with Gasteiger partial charge in [0.25, 0.3) is 0 Å². The minimum Gasteiger partial charge on any atom is -0.497 e. The van der Waals surface area contributed by atoms with Crippen LogP contribution in [0.25, 0.3) is 4.91 Å². The van der Waals surface area contributed by atoms with Crippen LogP contribution < -0.4 is 4.74 Å². The van der Waals surface area contributed by atoms with Gasteiger partial charge in [-0.25, -0.2) is 0 Å². The van der Waals surface area contributed by atoms with Gasteiger partial charge in [0.1, 0.15) is 5.75 Å². The Kier molecular flexibility index (Phi) is 4.53. The minimum absolute atomic E-state index is 0.492. The standard InChI is InChI=1S/C16H16O2S/c1-13(15-8-10-16(18-2)11-9-15)19(17)12-14-6-4-3-5-7-14/h3-11H,1,12H2,2H3/t19-/m0/s1. The van der Waals surface area contributed by atoms with Gasteiger partial charge in [-0.3, -0.25) is 4.21 Å². The molecule has 0 saturated carbocycles. The van der Waals surface area contributed by atoms with Crippen molar-refractivity contribution in [2.75, 3.05) is 7.11 Å². The lowest BCUT2D eigenvalue weighted by Gasteiger charge is -2.07. The maximum Gasteiger partial charge on any atom is 0.118 e. The predicted molar refractivity (Wildman–Crippen MR) is 80.3 cm³/mol. The summed E-state index contributed by atoms with van der Waals surface area (Å²) in [6, 6.07) is 17.2. The van der Waals surface area contributed by atoms with Gasteiger partial charge >= 0.3 is 0 Å². The minimum atomic E-state index is -1.11. The average Bonchev–Trinajstić information content (AvgIpc) is 2.47. The van der Waals surface area contributed by atoms with Crippen LogP contribution in [0.2, 0.25) is 0 Å². The van der Waals surface area contributed by atoms with Gasteiger partial charge in [-0.05, 0) is 23.3 Å². The molecule has 2 aromatic rings. The molecule has 0 radical (unpaired) electrons. The second-order valence-electron chi connectivity index (χ2n) is 4.13. The number of hydrogen-bond acceptors (Lipinski definition) is 2. The summed E-state index contributed by atoms with van der Waals surface area (Å²) in [5.41, 5.74) is 1.94. The SMILES string of the molecule is C=C(c1ccc(OC)cc1)[S@@](=O)Cc1ccccc1. The van der Waals surface area contributed by atoms with Crippen molar-refractivity contribution in [3.63, 3.8) is 0 Å². The van der Waals surface area contributed by atoms with Crippen LogP contribution in [0.15, 0.2) is 61.2 Å². The summed E-state index contributed by atoms with van der Waals surface area (Å²) in [5.74, 6) is 1.27. The second-order valence-corrected chi connectivity index (χ2v) is 5.60. The zero-order valence-electron chi connectivity index (χ0n) is 10.8. The van der Waals surface area contributed by atoms with E-state index in [-0.39, 0.29) is 0 Å². The molecular formula is C16H16O2S. The van der Waals surface area contributed by atoms with Crippen molar-refractivity contribution in [2.24, 2.45) is 0 Å². The monoisotopic (exact) mass is 272 g/mol. The van der Waals surface area contributed by atoms with Gasteiger partial charge in [-0.2, -0.15) is 0 Å². The molecule has 1 atom stereocenters. The maximum atomic E-state index is 12.2. The number of benzene rings is 2. The molecule has 98 valence electrons. The molecule has 0 fully saturated rings. The highest BCUT2D eigenvalue weighted by atomic mass is 32.2. The Bertz CT molecular complexity index is 573. The van der Waals surface area contributed by atoms with E-state index in [4.69, 9.17) is 4.74 Å². The van der Waals surface area contributed by atoms with Crippen molar-refractivity contribution < 1.29 is 8.95 Å². The summed E-state index contributed by atoms with van der Waals surface area (Å²) in [6.45, 7) is 3.94. The van der Waals surface area contributed by atoms with E-state index in [2.05, 4.69) is 6.58 Å². The second kappa shape index (κ2) is 6.34. The Hall–Kier alpha value is -1.87.